The molecule has 202 valence electrons. The van der Waals surface area contributed by atoms with E-state index in [9.17, 15) is 9.59 Å². The molecule has 0 unspecified atom stereocenters. The molecule has 6 nitrogen and oxygen atoms in total. The van der Waals surface area contributed by atoms with Crippen LogP contribution in [0.1, 0.15) is 76.3 Å². The first-order valence-electron chi connectivity index (χ1n) is 13.3. The standard InChI is InChI=1S/C31H36ClNO5/c1-6-14-37-26-13-10-21(17-27(26)36-5)29-28(31(35)38-18(3)7-2)19(4)33-24-15-22(16-25(34)30(24)29)20-8-11-23(32)12-9-20/h8-13,17-18,22,29,33H,6-7,14-16H2,1-5H3/t18-,22-,29-/m1/s1. The van der Waals surface area contributed by atoms with Crippen molar-refractivity contribution in [3.8, 4) is 11.5 Å². The van der Waals surface area contributed by atoms with E-state index in [1.54, 1.807) is 7.11 Å². The maximum Gasteiger partial charge on any atom is 0.337 e. The normalized spacial score (nSPS) is 20.0. The second-order valence-corrected chi connectivity index (χ2v) is 10.4. The van der Waals surface area contributed by atoms with Gasteiger partial charge >= 0.3 is 5.97 Å². The number of rotatable bonds is 9. The second kappa shape index (κ2) is 12.1. The molecule has 0 saturated carbocycles. The molecule has 1 heterocycles. The Hall–Kier alpha value is -3.25. The SMILES string of the molecule is CCCOc1ccc([C@@H]2C(C(=O)O[C@H](C)CC)=C(C)NC3=C2C(=O)C[C@H](c2ccc(Cl)cc2)C3)cc1OC. The molecule has 2 aliphatic rings. The van der Waals surface area contributed by atoms with Gasteiger partial charge in [-0.3, -0.25) is 4.79 Å². The molecule has 3 atom stereocenters. The summed E-state index contributed by atoms with van der Waals surface area (Å²) >= 11 is 6.09. The van der Waals surface area contributed by atoms with Gasteiger partial charge in [0, 0.05) is 34.3 Å². The van der Waals surface area contributed by atoms with Gasteiger partial charge in [-0.05, 0) is 74.4 Å². The quantitative estimate of drug-likeness (QED) is 0.353. The minimum absolute atomic E-state index is 0.00955. The van der Waals surface area contributed by atoms with Crippen LogP contribution in [0, 0.1) is 0 Å². The molecule has 4 rings (SSSR count). The molecule has 1 N–H and O–H groups in total. The van der Waals surface area contributed by atoms with Crippen LogP contribution in [-0.2, 0) is 14.3 Å². The van der Waals surface area contributed by atoms with Crippen LogP contribution in [0.3, 0.4) is 0 Å². The molecule has 0 saturated heterocycles. The highest BCUT2D eigenvalue weighted by Crippen LogP contribution is 2.47. The predicted octanol–water partition coefficient (Wildman–Crippen LogP) is 6.84. The summed E-state index contributed by atoms with van der Waals surface area (Å²) in [7, 11) is 1.59. The zero-order chi connectivity index (χ0) is 27.4. The summed E-state index contributed by atoms with van der Waals surface area (Å²) in [6, 6.07) is 13.3. The molecule has 0 bridgehead atoms. The number of carbonyl (C=O) groups is 2. The number of ketones is 1. The zero-order valence-corrected chi connectivity index (χ0v) is 23.5. The lowest BCUT2D eigenvalue weighted by Crippen LogP contribution is -2.36. The molecule has 0 radical (unpaired) electrons. The van der Waals surface area contributed by atoms with E-state index < -0.39 is 11.9 Å². The topological polar surface area (TPSA) is 73.9 Å². The highest BCUT2D eigenvalue weighted by molar-refractivity contribution is 6.30. The van der Waals surface area contributed by atoms with E-state index in [0.29, 0.717) is 59.2 Å². The first-order chi connectivity index (χ1) is 18.3. The molecule has 1 aliphatic carbocycles. The molecule has 38 heavy (non-hydrogen) atoms. The smallest absolute Gasteiger partial charge is 0.337 e. The summed E-state index contributed by atoms with van der Waals surface area (Å²) in [5, 5.41) is 4.07. The predicted molar refractivity (Wildman–Crippen MR) is 149 cm³/mol. The molecule has 1 aliphatic heterocycles. The Morgan fingerprint density at radius 3 is 2.45 bits per heavy atom. The van der Waals surface area contributed by atoms with Crippen molar-refractivity contribution in [2.75, 3.05) is 13.7 Å². The van der Waals surface area contributed by atoms with E-state index in [1.807, 2.05) is 70.2 Å². The minimum Gasteiger partial charge on any atom is -0.493 e. The van der Waals surface area contributed by atoms with Crippen LogP contribution >= 0.6 is 11.6 Å². The summed E-state index contributed by atoms with van der Waals surface area (Å²) < 4.78 is 17.3. The van der Waals surface area contributed by atoms with Crippen LogP contribution in [0.2, 0.25) is 5.02 Å². The van der Waals surface area contributed by atoms with Crippen LogP contribution in [0.4, 0.5) is 0 Å². The summed E-state index contributed by atoms with van der Waals surface area (Å²) in [4.78, 5) is 27.3. The summed E-state index contributed by atoms with van der Waals surface area (Å²) in [5.41, 5.74) is 4.45. The lowest BCUT2D eigenvalue weighted by atomic mass is 9.71. The number of dihydropyridines is 1. The van der Waals surface area contributed by atoms with Gasteiger partial charge in [0.25, 0.3) is 0 Å². The van der Waals surface area contributed by atoms with E-state index in [4.69, 9.17) is 25.8 Å². The zero-order valence-electron chi connectivity index (χ0n) is 22.7. The Bertz CT molecular complexity index is 1260. The molecule has 7 heteroatoms. The fourth-order valence-electron chi connectivity index (χ4n) is 5.14. The number of hydrogen-bond acceptors (Lipinski definition) is 6. The van der Waals surface area contributed by atoms with Crippen LogP contribution in [0.15, 0.2) is 65.0 Å². The summed E-state index contributed by atoms with van der Waals surface area (Å²) in [5.74, 6) is 0.229. The van der Waals surface area contributed by atoms with E-state index in [-0.39, 0.29) is 17.8 Å². The highest BCUT2D eigenvalue weighted by Gasteiger charge is 2.42. The number of hydrogen-bond donors (Lipinski definition) is 1. The van der Waals surface area contributed by atoms with Gasteiger partial charge in [0.1, 0.15) is 0 Å². The molecule has 2 aromatic carbocycles. The third-order valence-electron chi connectivity index (χ3n) is 7.25. The van der Waals surface area contributed by atoms with Crippen molar-refractivity contribution in [1.82, 2.24) is 5.32 Å². The van der Waals surface area contributed by atoms with Crippen LogP contribution in [0.5, 0.6) is 11.5 Å². The number of benzene rings is 2. The maximum atomic E-state index is 13.8. The molecule has 0 amide bonds. The van der Waals surface area contributed by atoms with Gasteiger partial charge in [0.05, 0.1) is 25.4 Å². The lowest BCUT2D eigenvalue weighted by Gasteiger charge is -2.37. The number of nitrogens with one attached hydrogen (secondary N) is 1. The number of carbonyl (C=O) groups excluding carboxylic acids is 2. The van der Waals surface area contributed by atoms with Crippen molar-refractivity contribution in [2.45, 2.75) is 71.3 Å². The van der Waals surface area contributed by atoms with Crippen molar-refractivity contribution < 1.29 is 23.8 Å². The Morgan fingerprint density at radius 1 is 1.08 bits per heavy atom. The van der Waals surface area contributed by atoms with Gasteiger partial charge in [0.15, 0.2) is 17.3 Å². The largest absolute Gasteiger partial charge is 0.493 e. The van der Waals surface area contributed by atoms with Crippen LogP contribution in [0.25, 0.3) is 0 Å². The van der Waals surface area contributed by atoms with E-state index >= 15 is 0 Å². The lowest BCUT2D eigenvalue weighted by molar-refractivity contribution is -0.144. The number of methoxy groups -OCH3 is 1. The first-order valence-corrected chi connectivity index (χ1v) is 13.7. The Labute approximate surface area is 230 Å². The molecule has 0 aromatic heterocycles. The van der Waals surface area contributed by atoms with Gasteiger partial charge in [-0.15, -0.1) is 0 Å². The van der Waals surface area contributed by atoms with Gasteiger partial charge in [0.2, 0.25) is 0 Å². The number of ether oxygens (including phenoxy) is 3. The van der Waals surface area contributed by atoms with Crippen LogP contribution in [-0.4, -0.2) is 31.6 Å². The van der Waals surface area contributed by atoms with Gasteiger partial charge < -0.3 is 19.5 Å². The van der Waals surface area contributed by atoms with Crippen molar-refractivity contribution >= 4 is 23.4 Å². The summed E-state index contributed by atoms with van der Waals surface area (Å²) in [6.07, 6.45) is 2.32. The summed E-state index contributed by atoms with van der Waals surface area (Å²) in [6.45, 7) is 8.32. The fraction of sp³-hybridized carbons (Fsp3) is 0.419. The monoisotopic (exact) mass is 537 g/mol. The fourth-order valence-corrected chi connectivity index (χ4v) is 5.26. The minimum atomic E-state index is -0.574. The van der Waals surface area contributed by atoms with Crippen LogP contribution < -0.4 is 14.8 Å². The highest BCUT2D eigenvalue weighted by atomic mass is 35.5. The average Bonchev–Trinajstić information content (AvgIpc) is 2.91. The molecule has 2 aromatic rings. The second-order valence-electron chi connectivity index (χ2n) is 9.95. The third-order valence-corrected chi connectivity index (χ3v) is 7.51. The number of esters is 1. The van der Waals surface area contributed by atoms with E-state index in [0.717, 1.165) is 23.2 Å². The first kappa shape index (κ1) is 27.8. The average molecular weight is 538 g/mol. The Balaban J connectivity index is 1.79. The Morgan fingerprint density at radius 2 is 1.79 bits per heavy atom. The maximum absolute atomic E-state index is 13.8. The number of Topliss-reactive ketones (excluding diaryl/α,β-unsaturated/α-hetero) is 1. The van der Waals surface area contributed by atoms with E-state index in [2.05, 4.69) is 5.32 Å². The van der Waals surface area contributed by atoms with Crippen molar-refractivity contribution in [3.05, 3.63) is 81.2 Å². The van der Waals surface area contributed by atoms with Crippen molar-refractivity contribution in [2.24, 2.45) is 0 Å². The number of halogens is 1. The Kier molecular flexibility index (Phi) is 8.83. The molecular weight excluding hydrogens is 502 g/mol. The molecule has 0 spiro atoms. The van der Waals surface area contributed by atoms with Crippen molar-refractivity contribution in [3.63, 3.8) is 0 Å². The van der Waals surface area contributed by atoms with E-state index in [1.165, 1.54) is 0 Å². The van der Waals surface area contributed by atoms with Gasteiger partial charge in [-0.2, -0.15) is 0 Å². The number of allylic oxidation sites excluding steroid dienone is 3. The molecule has 0 fully saturated rings. The van der Waals surface area contributed by atoms with Crippen molar-refractivity contribution in [1.29, 1.82) is 0 Å². The van der Waals surface area contributed by atoms with Gasteiger partial charge in [-0.25, -0.2) is 4.79 Å². The molecular formula is C31H36ClNO5. The third kappa shape index (κ3) is 5.75. The van der Waals surface area contributed by atoms with Gasteiger partial charge in [-0.1, -0.05) is 43.6 Å².